The second-order valence-electron chi connectivity index (χ2n) is 3.50. The van der Waals surface area contributed by atoms with Crippen molar-refractivity contribution in [2.24, 2.45) is 0 Å². The van der Waals surface area contributed by atoms with Gasteiger partial charge in [-0.15, -0.1) is 0 Å². The van der Waals surface area contributed by atoms with Gasteiger partial charge in [-0.1, -0.05) is 28.1 Å². The normalized spacial score (nSPS) is 14.6. The number of rotatable bonds is 4. The molecule has 1 rings (SSSR count). The predicted molar refractivity (Wildman–Crippen MR) is 62.8 cm³/mol. The van der Waals surface area contributed by atoms with Crippen LogP contribution in [-0.4, -0.2) is 17.1 Å². The molecule has 1 aromatic carbocycles. The van der Waals surface area contributed by atoms with Crippen LogP contribution in [0.15, 0.2) is 28.7 Å². The van der Waals surface area contributed by atoms with E-state index in [1.165, 1.54) is 0 Å². The molecule has 0 spiro atoms. The SMILES string of the molecule is CC(NC(C)c1cccc(Br)c1)C(=O)O. The third-order valence-corrected chi connectivity index (χ3v) is 2.71. The Balaban J connectivity index is 2.68. The molecule has 0 saturated carbocycles. The maximum absolute atomic E-state index is 10.7. The van der Waals surface area contributed by atoms with Crippen molar-refractivity contribution in [1.82, 2.24) is 5.32 Å². The summed E-state index contributed by atoms with van der Waals surface area (Å²) < 4.78 is 0.997. The lowest BCUT2D eigenvalue weighted by Crippen LogP contribution is -2.35. The van der Waals surface area contributed by atoms with E-state index in [9.17, 15) is 4.79 Å². The van der Waals surface area contributed by atoms with E-state index in [0.29, 0.717) is 0 Å². The van der Waals surface area contributed by atoms with E-state index in [0.717, 1.165) is 10.0 Å². The van der Waals surface area contributed by atoms with Gasteiger partial charge in [0.1, 0.15) is 6.04 Å². The van der Waals surface area contributed by atoms with Gasteiger partial charge < -0.3 is 5.11 Å². The zero-order valence-electron chi connectivity index (χ0n) is 8.70. The van der Waals surface area contributed by atoms with Crippen LogP contribution in [0.1, 0.15) is 25.5 Å². The lowest BCUT2D eigenvalue weighted by atomic mass is 10.1. The molecule has 0 radical (unpaired) electrons. The fourth-order valence-electron chi connectivity index (χ4n) is 1.32. The monoisotopic (exact) mass is 271 g/mol. The van der Waals surface area contributed by atoms with E-state index in [1.807, 2.05) is 31.2 Å². The number of carboxylic acids is 1. The molecule has 4 heteroatoms. The average Bonchev–Trinajstić information content (AvgIpc) is 2.17. The summed E-state index contributed by atoms with van der Waals surface area (Å²) in [6.07, 6.45) is 0. The van der Waals surface area contributed by atoms with Crippen LogP contribution in [0.2, 0.25) is 0 Å². The van der Waals surface area contributed by atoms with Crippen LogP contribution in [-0.2, 0) is 4.79 Å². The number of benzene rings is 1. The smallest absolute Gasteiger partial charge is 0.320 e. The molecule has 0 heterocycles. The van der Waals surface area contributed by atoms with Gasteiger partial charge in [0.25, 0.3) is 0 Å². The molecule has 2 unspecified atom stereocenters. The first-order chi connectivity index (χ1) is 7.00. The Morgan fingerprint density at radius 3 is 2.67 bits per heavy atom. The van der Waals surface area contributed by atoms with E-state index in [4.69, 9.17) is 5.11 Å². The van der Waals surface area contributed by atoms with Crippen molar-refractivity contribution in [1.29, 1.82) is 0 Å². The Kier molecular flexibility index (Phi) is 4.29. The summed E-state index contributed by atoms with van der Waals surface area (Å²) in [5.74, 6) is -0.836. The van der Waals surface area contributed by atoms with Gasteiger partial charge in [0, 0.05) is 10.5 Å². The molecular formula is C11H14BrNO2. The molecule has 0 aliphatic rings. The Morgan fingerprint density at radius 2 is 2.13 bits per heavy atom. The molecule has 0 amide bonds. The third-order valence-electron chi connectivity index (χ3n) is 2.22. The van der Waals surface area contributed by atoms with Crippen LogP contribution in [0.25, 0.3) is 0 Å². The van der Waals surface area contributed by atoms with Crippen molar-refractivity contribution in [3.05, 3.63) is 34.3 Å². The molecule has 0 aliphatic heterocycles. The van der Waals surface area contributed by atoms with E-state index in [2.05, 4.69) is 21.2 Å². The van der Waals surface area contributed by atoms with Crippen LogP contribution in [0.3, 0.4) is 0 Å². The van der Waals surface area contributed by atoms with E-state index < -0.39 is 12.0 Å². The minimum Gasteiger partial charge on any atom is -0.480 e. The van der Waals surface area contributed by atoms with Crippen molar-refractivity contribution in [2.75, 3.05) is 0 Å². The second kappa shape index (κ2) is 5.28. The summed E-state index contributed by atoms with van der Waals surface area (Å²) in [7, 11) is 0. The summed E-state index contributed by atoms with van der Waals surface area (Å²) in [6.45, 7) is 3.58. The maximum atomic E-state index is 10.7. The van der Waals surface area contributed by atoms with Crippen LogP contribution in [0, 0.1) is 0 Å². The molecule has 0 bridgehead atoms. The van der Waals surface area contributed by atoms with Crippen molar-refractivity contribution in [3.8, 4) is 0 Å². The number of carboxylic acid groups (broad SMARTS) is 1. The van der Waals surface area contributed by atoms with Gasteiger partial charge in [-0.3, -0.25) is 10.1 Å². The summed E-state index contributed by atoms with van der Waals surface area (Å²) in [4.78, 5) is 10.7. The predicted octanol–water partition coefficient (Wildman–Crippen LogP) is 2.57. The molecule has 2 atom stereocenters. The molecule has 0 fully saturated rings. The molecule has 82 valence electrons. The highest BCUT2D eigenvalue weighted by Crippen LogP contribution is 2.18. The van der Waals surface area contributed by atoms with E-state index >= 15 is 0 Å². The van der Waals surface area contributed by atoms with Crippen molar-refractivity contribution >= 4 is 21.9 Å². The van der Waals surface area contributed by atoms with Gasteiger partial charge >= 0.3 is 5.97 Å². The molecule has 15 heavy (non-hydrogen) atoms. The number of nitrogens with one attached hydrogen (secondary N) is 1. The Bertz CT molecular complexity index is 354. The molecule has 0 aliphatic carbocycles. The topological polar surface area (TPSA) is 49.3 Å². The number of aliphatic carboxylic acids is 1. The molecule has 2 N–H and O–H groups in total. The lowest BCUT2D eigenvalue weighted by Gasteiger charge is -2.17. The maximum Gasteiger partial charge on any atom is 0.320 e. The summed E-state index contributed by atoms with van der Waals surface area (Å²) in [6, 6.07) is 7.30. The van der Waals surface area contributed by atoms with Crippen molar-refractivity contribution in [3.63, 3.8) is 0 Å². The second-order valence-corrected chi connectivity index (χ2v) is 4.42. The Labute approximate surface area is 97.6 Å². The van der Waals surface area contributed by atoms with E-state index in [-0.39, 0.29) is 6.04 Å². The van der Waals surface area contributed by atoms with Crippen LogP contribution >= 0.6 is 15.9 Å². The zero-order valence-corrected chi connectivity index (χ0v) is 10.3. The number of hydrogen-bond acceptors (Lipinski definition) is 2. The van der Waals surface area contributed by atoms with Gasteiger partial charge in [-0.25, -0.2) is 0 Å². The molecule has 1 aromatic rings. The highest BCUT2D eigenvalue weighted by atomic mass is 79.9. The van der Waals surface area contributed by atoms with Gasteiger partial charge in [0.15, 0.2) is 0 Å². The van der Waals surface area contributed by atoms with Crippen molar-refractivity contribution < 1.29 is 9.90 Å². The quantitative estimate of drug-likeness (QED) is 0.885. The minimum atomic E-state index is -0.836. The lowest BCUT2D eigenvalue weighted by molar-refractivity contribution is -0.139. The van der Waals surface area contributed by atoms with Crippen LogP contribution in [0.5, 0.6) is 0 Å². The standard InChI is InChI=1S/C11H14BrNO2/c1-7(13-8(2)11(14)15)9-4-3-5-10(12)6-9/h3-8,13H,1-2H3,(H,14,15). The summed E-state index contributed by atoms with van der Waals surface area (Å²) in [5.41, 5.74) is 1.07. The fourth-order valence-corrected chi connectivity index (χ4v) is 1.74. The van der Waals surface area contributed by atoms with E-state index in [1.54, 1.807) is 6.92 Å². The van der Waals surface area contributed by atoms with Crippen molar-refractivity contribution in [2.45, 2.75) is 25.9 Å². The van der Waals surface area contributed by atoms with Crippen LogP contribution < -0.4 is 5.32 Å². The molecule has 3 nitrogen and oxygen atoms in total. The van der Waals surface area contributed by atoms with Gasteiger partial charge in [0.2, 0.25) is 0 Å². The average molecular weight is 272 g/mol. The molecule has 0 aromatic heterocycles. The van der Waals surface area contributed by atoms with Gasteiger partial charge in [-0.05, 0) is 31.5 Å². The number of carbonyl (C=O) groups is 1. The number of halogens is 1. The molecular weight excluding hydrogens is 258 g/mol. The highest BCUT2D eigenvalue weighted by Gasteiger charge is 2.14. The Hall–Kier alpha value is -0.870. The summed E-state index contributed by atoms with van der Waals surface area (Å²) in [5, 5.41) is 11.8. The molecule has 0 saturated heterocycles. The fraction of sp³-hybridized carbons (Fsp3) is 0.364. The van der Waals surface area contributed by atoms with Gasteiger partial charge in [-0.2, -0.15) is 0 Å². The van der Waals surface area contributed by atoms with Gasteiger partial charge in [0.05, 0.1) is 0 Å². The Morgan fingerprint density at radius 1 is 1.47 bits per heavy atom. The largest absolute Gasteiger partial charge is 0.480 e. The minimum absolute atomic E-state index is 0.0219. The third kappa shape index (κ3) is 3.64. The first kappa shape index (κ1) is 12.2. The number of hydrogen-bond donors (Lipinski definition) is 2. The first-order valence-electron chi connectivity index (χ1n) is 4.75. The highest BCUT2D eigenvalue weighted by molar-refractivity contribution is 9.10. The first-order valence-corrected chi connectivity index (χ1v) is 5.54. The zero-order chi connectivity index (χ0) is 11.4. The summed E-state index contributed by atoms with van der Waals surface area (Å²) >= 11 is 3.38. The van der Waals surface area contributed by atoms with Crippen LogP contribution in [0.4, 0.5) is 0 Å².